The predicted octanol–water partition coefficient (Wildman–Crippen LogP) is 5.02. The molecule has 0 aliphatic heterocycles. The molecule has 0 bridgehead atoms. The van der Waals surface area contributed by atoms with E-state index in [0.29, 0.717) is 29.7 Å². The SMILES string of the molecule is CCN(CCCCOC(=O)c1ccc(OC)c(OC)c1)[C@H](C)Cc1ccc(OC)cc1.Cl. The molecule has 2 rings (SSSR count). The van der Waals surface area contributed by atoms with Gasteiger partial charge in [-0.25, -0.2) is 4.79 Å². The standard InChI is InChI=1S/C25H35NO5.ClH/c1-6-26(19(2)17-20-9-12-22(28-3)13-10-20)15-7-8-16-31-25(27)21-11-14-23(29-4)24(18-21)30-5;/h9-14,18-19H,6-8,15-17H2,1-5H3;1H/t19-;/m1./s1. The molecule has 7 heteroatoms. The van der Waals surface area contributed by atoms with Crippen molar-refractivity contribution in [1.29, 1.82) is 0 Å². The average molecular weight is 466 g/mol. The molecular formula is C25H36ClNO5. The van der Waals surface area contributed by atoms with Crippen LogP contribution in [0.1, 0.15) is 42.6 Å². The number of hydrogen-bond acceptors (Lipinski definition) is 6. The second kappa shape index (κ2) is 14.6. The van der Waals surface area contributed by atoms with Gasteiger partial charge in [-0.1, -0.05) is 19.1 Å². The van der Waals surface area contributed by atoms with E-state index in [4.69, 9.17) is 18.9 Å². The van der Waals surface area contributed by atoms with Crippen molar-refractivity contribution in [2.45, 2.75) is 39.2 Å². The molecule has 2 aromatic rings. The van der Waals surface area contributed by atoms with Gasteiger partial charge in [0.1, 0.15) is 5.75 Å². The van der Waals surface area contributed by atoms with E-state index in [1.54, 1.807) is 39.5 Å². The summed E-state index contributed by atoms with van der Waals surface area (Å²) in [5.41, 5.74) is 1.76. The normalized spacial score (nSPS) is 11.4. The van der Waals surface area contributed by atoms with E-state index in [-0.39, 0.29) is 18.4 Å². The largest absolute Gasteiger partial charge is 0.497 e. The van der Waals surface area contributed by atoms with E-state index in [9.17, 15) is 4.79 Å². The Hall–Kier alpha value is -2.44. The van der Waals surface area contributed by atoms with E-state index in [0.717, 1.165) is 38.1 Å². The summed E-state index contributed by atoms with van der Waals surface area (Å²) >= 11 is 0. The Morgan fingerprint density at radius 1 is 0.938 bits per heavy atom. The molecule has 6 nitrogen and oxygen atoms in total. The lowest BCUT2D eigenvalue weighted by Gasteiger charge is -2.28. The van der Waals surface area contributed by atoms with Gasteiger partial charge in [0, 0.05) is 6.04 Å². The van der Waals surface area contributed by atoms with E-state index in [1.807, 2.05) is 12.1 Å². The molecule has 0 fully saturated rings. The predicted molar refractivity (Wildman–Crippen MR) is 130 cm³/mol. The van der Waals surface area contributed by atoms with E-state index >= 15 is 0 Å². The Balaban J connectivity index is 0.00000512. The van der Waals surface area contributed by atoms with Gasteiger partial charge in [-0.05, 0) is 75.2 Å². The monoisotopic (exact) mass is 465 g/mol. The van der Waals surface area contributed by atoms with Crippen LogP contribution in [0.2, 0.25) is 0 Å². The molecule has 1 atom stereocenters. The summed E-state index contributed by atoms with van der Waals surface area (Å²) in [4.78, 5) is 14.7. The molecule has 0 spiro atoms. The summed E-state index contributed by atoms with van der Waals surface area (Å²) in [7, 11) is 4.79. The fourth-order valence-electron chi connectivity index (χ4n) is 3.55. The molecule has 32 heavy (non-hydrogen) atoms. The molecule has 0 saturated carbocycles. The van der Waals surface area contributed by atoms with Gasteiger partial charge in [-0.2, -0.15) is 0 Å². The first kappa shape index (κ1) is 27.6. The number of nitrogens with zero attached hydrogens (tertiary/aromatic N) is 1. The average Bonchev–Trinajstić information content (AvgIpc) is 2.81. The molecule has 0 saturated heterocycles. The molecule has 178 valence electrons. The second-order valence-corrected chi connectivity index (χ2v) is 7.44. The number of halogens is 1. The summed E-state index contributed by atoms with van der Waals surface area (Å²) in [6.45, 7) is 6.80. The summed E-state index contributed by atoms with van der Waals surface area (Å²) in [5, 5.41) is 0. The summed E-state index contributed by atoms with van der Waals surface area (Å²) in [6.07, 6.45) is 2.79. The number of rotatable bonds is 13. The van der Waals surface area contributed by atoms with Crippen molar-refractivity contribution >= 4 is 18.4 Å². The van der Waals surface area contributed by atoms with Crippen LogP contribution in [0.25, 0.3) is 0 Å². The number of likely N-dealkylation sites (N-methyl/N-ethyl adjacent to an activating group) is 1. The van der Waals surface area contributed by atoms with Gasteiger partial charge in [0.25, 0.3) is 0 Å². The zero-order valence-corrected chi connectivity index (χ0v) is 20.6. The highest BCUT2D eigenvalue weighted by Crippen LogP contribution is 2.27. The van der Waals surface area contributed by atoms with Crippen LogP contribution in [0.3, 0.4) is 0 Å². The minimum Gasteiger partial charge on any atom is -0.497 e. The van der Waals surface area contributed by atoms with Gasteiger partial charge in [0.05, 0.1) is 33.5 Å². The summed E-state index contributed by atoms with van der Waals surface area (Å²) in [5.74, 6) is 1.64. The summed E-state index contributed by atoms with van der Waals surface area (Å²) in [6, 6.07) is 13.7. The van der Waals surface area contributed by atoms with Gasteiger partial charge in [0.2, 0.25) is 0 Å². The van der Waals surface area contributed by atoms with Crippen molar-refractivity contribution in [1.82, 2.24) is 4.90 Å². The minimum absolute atomic E-state index is 0. The van der Waals surface area contributed by atoms with Gasteiger partial charge in [-0.15, -0.1) is 12.4 Å². The number of unbranched alkanes of at least 4 members (excludes halogenated alkanes) is 1. The van der Waals surface area contributed by atoms with E-state index < -0.39 is 0 Å². The van der Waals surface area contributed by atoms with Crippen LogP contribution in [-0.2, 0) is 11.2 Å². The van der Waals surface area contributed by atoms with E-state index in [2.05, 4.69) is 30.9 Å². The number of esters is 1. The van der Waals surface area contributed by atoms with Crippen LogP contribution in [-0.4, -0.2) is 57.9 Å². The zero-order chi connectivity index (χ0) is 22.6. The third-order valence-electron chi connectivity index (χ3n) is 5.41. The van der Waals surface area contributed by atoms with Crippen LogP contribution in [0, 0.1) is 0 Å². The quantitative estimate of drug-likeness (QED) is 0.305. The fraction of sp³-hybridized carbons (Fsp3) is 0.480. The van der Waals surface area contributed by atoms with Crippen LogP contribution in [0.5, 0.6) is 17.2 Å². The molecule has 0 heterocycles. The van der Waals surface area contributed by atoms with Crippen molar-refractivity contribution in [2.24, 2.45) is 0 Å². The molecular weight excluding hydrogens is 430 g/mol. The van der Waals surface area contributed by atoms with Crippen LogP contribution in [0.15, 0.2) is 42.5 Å². The van der Waals surface area contributed by atoms with Crippen LogP contribution < -0.4 is 14.2 Å². The third kappa shape index (κ3) is 8.24. The topological polar surface area (TPSA) is 57.2 Å². The maximum atomic E-state index is 12.3. The second-order valence-electron chi connectivity index (χ2n) is 7.44. The lowest BCUT2D eigenvalue weighted by atomic mass is 10.1. The van der Waals surface area contributed by atoms with Gasteiger partial charge in [0.15, 0.2) is 11.5 Å². The van der Waals surface area contributed by atoms with Crippen molar-refractivity contribution < 1.29 is 23.7 Å². The lowest BCUT2D eigenvalue weighted by Crippen LogP contribution is -2.35. The minimum atomic E-state index is -0.346. The number of carbonyl (C=O) groups excluding carboxylic acids is 1. The first-order valence-electron chi connectivity index (χ1n) is 10.8. The Morgan fingerprint density at radius 2 is 1.62 bits per heavy atom. The Bertz CT molecular complexity index is 812. The van der Waals surface area contributed by atoms with Crippen molar-refractivity contribution in [3.63, 3.8) is 0 Å². The Kier molecular flexibility index (Phi) is 12.6. The van der Waals surface area contributed by atoms with Gasteiger partial charge in [-0.3, -0.25) is 0 Å². The van der Waals surface area contributed by atoms with Gasteiger partial charge >= 0.3 is 5.97 Å². The first-order valence-corrected chi connectivity index (χ1v) is 10.8. The first-order chi connectivity index (χ1) is 15.0. The van der Waals surface area contributed by atoms with E-state index in [1.165, 1.54) is 5.56 Å². The lowest BCUT2D eigenvalue weighted by molar-refractivity contribution is 0.0493. The molecule has 2 aromatic carbocycles. The molecule has 0 N–H and O–H groups in total. The number of carbonyl (C=O) groups is 1. The number of ether oxygens (including phenoxy) is 4. The molecule has 0 aromatic heterocycles. The smallest absolute Gasteiger partial charge is 0.338 e. The molecule has 0 unspecified atom stereocenters. The Labute approximate surface area is 198 Å². The zero-order valence-electron chi connectivity index (χ0n) is 19.8. The van der Waals surface area contributed by atoms with Gasteiger partial charge < -0.3 is 23.8 Å². The molecule has 0 aliphatic rings. The van der Waals surface area contributed by atoms with Crippen LogP contribution >= 0.6 is 12.4 Å². The van der Waals surface area contributed by atoms with Crippen molar-refractivity contribution in [3.05, 3.63) is 53.6 Å². The fourth-order valence-corrected chi connectivity index (χ4v) is 3.55. The van der Waals surface area contributed by atoms with Crippen molar-refractivity contribution in [3.8, 4) is 17.2 Å². The van der Waals surface area contributed by atoms with Crippen LogP contribution in [0.4, 0.5) is 0 Å². The Morgan fingerprint density at radius 3 is 2.22 bits per heavy atom. The highest BCUT2D eigenvalue weighted by atomic mass is 35.5. The molecule has 0 amide bonds. The number of hydrogen-bond donors (Lipinski definition) is 0. The summed E-state index contributed by atoms with van der Waals surface area (Å²) < 4.78 is 21.1. The maximum absolute atomic E-state index is 12.3. The molecule has 0 aliphatic carbocycles. The highest BCUT2D eigenvalue weighted by molar-refractivity contribution is 5.90. The molecule has 0 radical (unpaired) electrons. The number of benzene rings is 2. The maximum Gasteiger partial charge on any atom is 0.338 e. The third-order valence-corrected chi connectivity index (χ3v) is 5.41. The highest BCUT2D eigenvalue weighted by Gasteiger charge is 2.14. The van der Waals surface area contributed by atoms with Crippen molar-refractivity contribution in [2.75, 3.05) is 41.0 Å². The number of methoxy groups -OCH3 is 3.